The molecule has 1 N–H and O–H groups in total. The van der Waals surface area contributed by atoms with E-state index < -0.39 is 46.9 Å². The molecule has 0 unspecified atom stereocenters. The van der Waals surface area contributed by atoms with E-state index in [-0.39, 0.29) is 18.3 Å². The van der Waals surface area contributed by atoms with E-state index in [1.54, 1.807) is 0 Å². The Morgan fingerprint density at radius 3 is 2.76 bits per heavy atom. The molecule has 0 aromatic rings. The van der Waals surface area contributed by atoms with E-state index in [0.717, 1.165) is 5.57 Å². The molecule has 1 heterocycles. The summed E-state index contributed by atoms with van der Waals surface area (Å²) in [5.41, 5.74) is 2.37. The molecule has 0 bridgehead atoms. The van der Waals surface area contributed by atoms with Gasteiger partial charge in [0.25, 0.3) is 0 Å². The van der Waals surface area contributed by atoms with Gasteiger partial charge in [0.1, 0.15) is 12.7 Å². The number of esters is 2. The number of ether oxygens (including phenoxy) is 2. The molecule has 158 valence electrons. The number of hydrogen-bond donors (Lipinski definition) is 1. The topological polar surface area (TPSA) is 133 Å². The number of rotatable bonds is 6. The lowest BCUT2D eigenvalue weighted by molar-refractivity contribution is -0.148. The fourth-order valence-corrected chi connectivity index (χ4v) is 4.36. The summed E-state index contributed by atoms with van der Waals surface area (Å²) in [7, 11) is -4.66. The zero-order chi connectivity index (χ0) is 21.5. The van der Waals surface area contributed by atoms with Gasteiger partial charge in [-0.05, 0) is 38.3 Å². The van der Waals surface area contributed by atoms with Crippen LogP contribution in [0.25, 0.3) is 0 Å². The lowest BCUT2D eigenvalue weighted by atomic mass is 9.83. The van der Waals surface area contributed by atoms with Gasteiger partial charge in [-0.15, -0.1) is 0 Å². The smallest absolute Gasteiger partial charge is 0.397 e. The summed E-state index contributed by atoms with van der Waals surface area (Å²) in [5.74, 6) is -3.12. The molecule has 10 heteroatoms. The van der Waals surface area contributed by atoms with Gasteiger partial charge in [0.2, 0.25) is 0 Å². The highest BCUT2D eigenvalue weighted by Crippen LogP contribution is 2.47. The van der Waals surface area contributed by atoms with E-state index in [4.69, 9.17) is 14.0 Å². The van der Waals surface area contributed by atoms with Gasteiger partial charge in [0, 0.05) is 17.1 Å². The van der Waals surface area contributed by atoms with E-state index in [2.05, 4.69) is 10.8 Å². The summed E-state index contributed by atoms with van der Waals surface area (Å²) in [4.78, 5) is 36.7. The quantitative estimate of drug-likeness (QED) is 0.379. The molecule has 0 radical (unpaired) electrons. The zero-order valence-electron chi connectivity index (χ0n) is 16.0. The van der Waals surface area contributed by atoms with Crippen LogP contribution in [0.2, 0.25) is 0 Å². The van der Waals surface area contributed by atoms with Gasteiger partial charge in [0.05, 0.1) is 18.4 Å². The molecule has 2 aliphatic carbocycles. The fraction of sp³-hybridized carbons (Fsp3) is 0.526. The molecule has 0 saturated carbocycles. The largest absolute Gasteiger partial charge is 0.461 e. The fourth-order valence-electron chi connectivity index (χ4n) is 3.99. The summed E-state index contributed by atoms with van der Waals surface area (Å²) in [5, 5.41) is 0. The minimum atomic E-state index is -4.66. The number of carbonyl (C=O) groups is 3. The van der Waals surface area contributed by atoms with Gasteiger partial charge < -0.3 is 9.47 Å². The second-order valence-corrected chi connectivity index (χ2v) is 8.61. The first-order valence-electron chi connectivity index (χ1n) is 9.12. The third kappa shape index (κ3) is 4.34. The molecule has 29 heavy (non-hydrogen) atoms. The van der Waals surface area contributed by atoms with Gasteiger partial charge in [-0.25, -0.2) is 8.98 Å². The maximum absolute atomic E-state index is 12.6. The van der Waals surface area contributed by atoms with Crippen LogP contribution in [0, 0.1) is 17.8 Å². The second kappa shape index (κ2) is 7.85. The van der Waals surface area contributed by atoms with Crippen LogP contribution < -0.4 is 0 Å². The maximum atomic E-state index is 12.6. The van der Waals surface area contributed by atoms with Crippen molar-refractivity contribution in [1.82, 2.24) is 0 Å². The minimum absolute atomic E-state index is 0.199. The predicted octanol–water partition coefficient (Wildman–Crippen LogP) is 1.32. The highest BCUT2D eigenvalue weighted by molar-refractivity contribution is 7.80. The van der Waals surface area contributed by atoms with E-state index >= 15 is 0 Å². The molecule has 1 aliphatic heterocycles. The van der Waals surface area contributed by atoms with Crippen LogP contribution in [0.15, 0.2) is 34.9 Å². The lowest BCUT2D eigenvalue weighted by Crippen LogP contribution is -2.30. The molecule has 1 fully saturated rings. The van der Waals surface area contributed by atoms with Crippen LogP contribution in [0.5, 0.6) is 0 Å². The number of fused-ring (bicyclic) bond motifs is 3. The van der Waals surface area contributed by atoms with E-state index in [1.807, 2.05) is 6.92 Å². The summed E-state index contributed by atoms with van der Waals surface area (Å²) < 4.78 is 44.7. The van der Waals surface area contributed by atoms with Crippen molar-refractivity contribution in [2.24, 2.45) is 17.8 Å². The molecule has 3 rings (SSSR count). The van der Waals surface area contributed by atoms with Crippen LogP contribution in [-0.4, -0.2) is 50.0 Å². The molecule has 0 aromatic heterocycles. The van der Waals surface area contributed by atoms with Crippen molar-refractivity contribution in [2.75, 3.05) is 13.2 Å². The first-order chi connectivity index (χ1) is 13.5. The highest BCUT2D eigenvalue weighted by atomic mass is 32.3. The number of carbonyl (C=O) groups excluding carboxylic acids is 3. The summed E-state index contributed by atoms with van der Waals surface area (Å²) in [6.07, 6.45) is 2.11. The predicted molar refractivity (Wildman–Crippen MR) is 98.6 cm³/mol. The second-order valence-electron chi connectivity index (χ2n) is 7.52. The molecule has 0 amide bonds. The molecular formula is C19H22O9S. The number of allylic oxidation sites excluding steroid dienone is 2. The van der Waals surface area contributed by atoms with Crippen molar-refractivity contribution in [1.29, 1.82) is 0 Å². The van der Waals surface area contributed by atoms with Crippen molar-refractivity contribution >= 4 is 28.1 Å². The lowest BCUT2D eigenvalue weighted by Gasteiger charge is -2.25. The van der Waals surface area contributed by atoms with Crippen molar-refractivity contribution < 1.29 is 41.0 Å². The van der Waals surface area contributed by atoms with E-state index in [0.29, 0.717) is 29.6 Å². The van der Waals surface area contributed by atoms with E-state index in [1.165, 1.54) is 13.0 Å². The van der Waals surface area contributed by atoms with Gasteiger partial charge in [0.15, 0.2) is 5.78 Å². The Bertz CT molecular complexity index is 941. The summed E-state index contributed by atoms with van der Waals surface area (Å²) >= 11 is 0. The van der Waals surface area contributed by atoms with Crippen molar-refractivity contribution in [3.8, 4) is 0 Å². The highest BCUT2D eigenvalue weighted by Gasteiger charge is 2.50. The van der Waals surface area contributed by atoms with Gasteiger partial charge in [-0.3, -0.25) is 14.1 Å². The Balaban J connectivity index is 1.74. The van der Waals surface area contributed by atoms with Crippen molar-refractivity contribution in [3.05, 3.63) is 34.9 Å². The third-order valence-corrected chi connectivity index (χ3v) is 5.94. The Morgan fingerprint density at radius 2 is 2.10 bits per heavy atom. The number of ketones is 1. The van der Waals surface area contributed by atoms with Gasteiger partial charge >= 0.3 is 22.3 Å². The Morgan fingerprint density at radius 1 is 1.41 bits per heavy atom. The molecule has 1 saturated heterocycles. The van der Waals surface area contributed by atoms with Crippen molar-refractivity contribution in [3.63, 3.8) is 0 Å². The van der Waals surface area contributed by atoms with Crippen molar-refractivity contribution in [2.45, 2.75) is 32.8 Å². The van der Waals surface area contributed by atoms with Crippen LogP contribution in [0.4, 0.5) is 0 Å². The molecule has 0 spiro atoms. The normalized spacial score (nSPS) is 27.8. The van der Waals surface area contributed by atoms with Gasteiger partial charge in [-0.1, -0.05) is 12.2 Å². The van der Waals surface area contributed by atoms with Crippen LogP contribution >= 0.6 is 0 Å². The molecular weight excluding hydrogens is 404 g/mol. The average molecular weight is 426 g/mol. The minimum Gasteiger partial charge on any atom is -0.461 e. The SMILES string of the molecule is C=C1C(=O)O[C@@H]2[C@H]3C(COC(=O)[C@@H](C)COS(=O)(=O)O)=CC(=O)C3=C(C)CC[C@@H]12. The third-order valence-electron chi connectivity index (χ3n) is 5.51. The Labute approximate surface area is 168 Å². The van der Waals surface area contributed by atoms with Gasteiger partial charge in [-0.2, -0.15) is 8.42 Å². The zero-order valence-corrected chi connectivity index (χ0v) is 16.9. The van der Waals surface area contributed by atoms with E-state index in [9.17, 15) is 22.8 Å². The molecule has 3 aliphatic rings. The molecule has 4 atom stereocenters. The summed E-state index contributed by atoms with van der Waals surface area (Å²) in [6, 6.07) is 0. The Hall–Kier alpha value is -2.30. The van der Waals surface area contributed by atoms with Crippen LogP contribution in [0.1, 0.15) is 26.7 Å². The Kier molecular flexibility index (Phi) is 5.79. The van der Waals surface area contributed by atoms with Crippen LogP contribution in [-0.2, 0) is 38.4 Å². The standard InChI is InChI=1S/C19H22O9S/c1-9-4-5-13-11(3)19(22)28-17(13)16-12(6-14(20)15(9)16)8-26-18(21)10(2)7-27-29(23,24)25/h6,10,13,16-17H,3-5,7-8H2,1-2H3,(H,23,24,25)/t10-,13-,16-,17-/m0/s1. The number of hydrogen-bond acceptors (Lipinski definition) is 8. The molecule has 0 aromatic carbocycles. The maximum Gasteiger partial charge on any atom is 0.397 e. The first-order valence-corrected chi connectivity index (χ1v) is 10.5. The molecule has 9 nitrogen and oxygen atoms in total. The summed E-state index contributed by atoms with van der Waals surface area (Å²) in [6.45, 7) is 6.27. The average Bonchev–Trinajstić information content (AvgIpc) is 3.05. The van der Waals surface area contributed by atoms with Crippen LogP contribution in [0.3, 0.4) is 0 Å². The monoisotopic (exact) mass is 426 g/mol. The first kappa shape index (κ1) is 21.4.